The second-order valence-corrected chi connectivity index (χ2v) is 8.45. The summed E-state index contributed by atoms with van der Waals surface area (Å²) in [5.74, 6) is 0.576. The predicted molar refractivity (Wildman–Crippen MR) is 91.8 cm³/mol. The summed E-state index contributed by atoms with van der Waals surface area (Å²) in [7, 11) is -2.79. The van der Waals surface area contributed by atoms with Gasteiger partial charge in [0.25, 0.3) is 0 Å². The molecule has 1 N–H and O–H groups in total. The molecule has 0 amide bonds. The summed E-state index contributed by atoms with van der Waals surface area (Å²) in [6.07, 6.45) is 1.00. The predicted octanol–water partition coefficient (Wildman–Crippen LogP) is 3.94. The van der Waals surface area contributed by atoms with Gasteiger partial charge in [0.1, 0.15) is 0 Å². The maximum Gasteiger partial charge on any atom is 0.204 e. The van der Waals surface area contributed by atoms with Crippen LogP contribution in [0.1, 0.15) is 27.2 Å². The van der Waals surface area contributed by atoms with Gasteiger partial charge in [0.15, 0.2) is 0 Å². The van der Waals surface area contributed by atoms with E-state index in [0.29, 0.717) is 5.92 Å². The van der Waals surface area contributed by atoms with Gasteiger partial charge >= 0.3 is 0 Å². The molecule has 2 aromatic carbocycles. The van der Waals surface area contributed by atoms with Crippen molar-refractivity contribution in [3.63, 3.8) is 0 Å². The summed E-state index contributed by atoms with van der Waals surface area (Å²) in [6, 6.07) is 19.7. The first-order valence-electron chi connectivity index (χ1n) is 7.51. The Morgan fingerprint density at radius 3 is 1.67 bits per heavy atom. The Labute approximate surface area is 128 Å². The molecule has 3 heteroatoms. The van der Waals surface area contributed by atoms with E-state index in [1.54, 1.807) is 0 Å². The molecule has 2 rings (SSSR count). The number of rotatable bonds is 6. The second-order valence-electron chi connectivity index (χ2n) is 5.94. The van der Waals surface area contributed by atoms with Crippen molar-refractivity contribution < 1.29 is 4.57 Å². The van der Waals surface area contributed by atoms with Crippen molar-refractivity contribution in [2.45, 2.75) is 33.2 Å². The van der Waals surface area contributed by atoms with E-state index < -0.39 is 7.29 Å². The number of hydrogen-bond donors (Lipinski definition) is 1. The number of benzene rings is 2. The van der Waals surface area contributed by atoms with E-state index in [2.05, 4.69) is 25.9 Å². The molecular formula is C18H24NOP. The minimum absolute atomic E-state index is 0.205. The molecule has 0 saturated carbocycles. The Kier molecular flexibility index (Phi) is 5.39. The summed E-state index contributed by atoms with van der Waals surface area (Å²) in [6.45, 7) is 6.49. The van der Waals surface area contributed by atoms with E-state index in [4.69, 9.17) is 0 Å². The lowest BCUT2D eigenvalue weighted by Crippen LogP contribution is -2.34. The SMILES string of the molecule is CC(C)C[C@H](C)NP(=O)(c1ccccc1)c1ccccc1. The van der Waals surface area contributed by atoms with Crippen LogP contribution in [0.2, 0.25) is 0 Å². The minimum atomic E-state index is -2.79. The molecule has 2 nitrogen and oxygen atoms in total. The molecule has 1 atom stereocenters. The molecule has 0 saturated heterocycles. The maximum atomic E-state index is 13.7. The highest BCUT2D eigenvalue weighted by molar-refractivity contribution is 7.76. The molecule has 21 heavy (non-hydrogen) atoms. The Balaban J connectivity index is 2.38. The molecule has 0 aromatic heterocycles. The van der Waals surface area contributed by atoms with Crippen molar-refractivity contribution in [1.29, 1.82) is 0 Å². The van der Waals surface area contributed by atoms with Gasteiger partial charge < -0.3 is 0 Å². The fraction of sp³-hybridized carbons (Fsp3) is 0.333. The molecule has 0 aliphatic rings. The highest BCUT2D eigenvalue weighted by Gasteiger charge is 2.28. The van der Waals surface area contributed by atoms with Crippen LogP contribution in [0.25, 0.3) is 0 Å². The summed E-state index contributed by atoms with van der Waals surface area (Å²) in [5, 5.41) is 5.15. The van der Waals surface area contributed by atoms with Crippen LogP contribution < -0.4 is 15.7 Å². The van der Waals surface area contributed by atoms with Crippen molar-refractivity contribution in [2.24, 2.45) is 5.92 Å². The largest absolute Gasteiger partial charge is 0.297 e. The Morgan fingerprint density at radius 1 is 0.857 bits per heavy atom. The first-order chi connectivity index (χ1) is 10.0. The van der Waals surface area contributed by atoms with Crippen molar-refractivity contribution in [1.82, 2.24) is 5.09 Å². The Morgan fingerprint density at radius 2 is 1.29 bits per heavy atom. The molecule has 0 aliphatic carbocycles. The van der Waals surface area contributed by atoms with Crippen LogP contribution in [-0.4, -0.2) is 6.04 Å². The smallest absolute Gasteiger partial charge is 0.204 e. The fourth-order valence-corrected chi connectivity index (χ4v) is 5.15. The van der Waals surface area contributed by atoms with Crippen LogP contribution in [0.5, 0.6) is 0 Å². The third-order valence-corrected chi connectivity index (χ3v) is 6.32. The second kappa shape index (κ2) is 7.06. The average Bonchev–Trinajstić information content (AvgIpc) is 2.48. The van der Waals surface area contributed by atoms with Crippen molar-refractivity contribution >= 4 is 17.9 Å². The van der Waals surface area contributed by atoms with E-state index in [9.17, 15) is 4.57 Å². The molecule has 112 valence electrons. The van der Waals surface area contributed by atoms with Crippen LogP contribution in [0, 0.1) is 5.92 Å². The zero-order valence-corrected chi connectivity index (χ0v) is 13.9. The molecule has 0 bridgehead atoms. The van der Waals surface area contributed by atoms with Gasteiger partial charge in [0.2, 0.25) is 7.29 Å². The first-order valence-corrected chi connectivity index (χ1v) is 9.22. The first kappa shape index (κ1) is 16.0. The lowest BCUT2D eigenvalue weighted by molar-refractivity contribution is 0.487. The highest BCUT2D eigenvalue weighted by Crippen LogP contribution is 2.39. The van der Waals surface area contributed by atoms with Crippen LogP contribution in [0.4, 0.5) is 0 Å². The Hall–Kier alpha value is -1.37. The van der Waals surface area contributed by atoms with Crippen LogP contribution in [0.3, 0.4) is 0 Å². The van der Waals surface area contributed by atoms with Crippen molar-refractivity contribution in [3.05, 3.63) is 60.7 Å². The monoisotopic (exact) mass is 301 g/mol. The summed E-state index contributed by atoms with van der Waals surface area (Å²) >= 11 is 0. The van der Waals surface area contributed by atoms with Gasteiger partial charge in [-0.1, -0.05) is 50.2 Å². The molecule has 2 aromatic rings. The fourth-order valence-electron chi connectivity index (χ4n) is 2.64. The van der Waals surface area contributed by atoms with Gasteiger partial charge in [-0.2, -0.15) is 0 Å². The lowest BCUT2D eigenvalue weighted by Gasteiger charge is -2.25. The lowest BCUT2D eigenvalue weighted by atomic mass is 10.1. The molecule has 0 unspecified atom stereocenters. The van der Waals surface area contributed by atoms with E-state index in [1.165, 1.54) is 0 Å². The van der Waals surface area contributed by atoms with Gasteiger partial charge in [-0.25, -0.2) is 0 Å². The van der Waals surface area contributed by atoms with E-state index in [-0.39, 0.29) is 6.04 Å². The standard InChI is InChI=1S/C18H24NOP/c1-15(2)14-16(3)19-21(20,17-10-6-4-7-11-17)18-12-8-5-9-13-18/h4-13,15-16H,14H2,1-3H3,(H,19,20)/t16-/m0/s1. The normalized spacial score (nSPS) is 13.3. The van der Waals surface area contributed by atoms with Gasteiger partial charge in [-0.05, 0) is 43.5 Å². The molecule has 0 spiro atoms. The van der Waals surface area contributed by atoms with E-state index in [1.807, 2.05) is 60.7 Å². The number of nitrogens with one attached hydrogen (secondary N) is 1. The van der Waals surface area contributed by atoms with Crippen molar-refractivity contribution in [3.8, 4) is 0 Å². The molecule has 0 heterocycles. The van der Waals surface area contributed by atoms with Crippen molar-refractivity contribution in [2.75, 3.05) is 0 Å². The molecule has 0 fully saturated rings. The van der Waals surface area contributed by atoms with Gasteiger partial charge in [0.05, 0.1) is 0 Å². The van der Waals surface area contributed by atoms with Gasteiger partial charge in [-0.15, -0.1) is 0 Å². The number of hydrogen-bond acceptors (Lipinski definition) is 1. The van der Waals surface area contributed by atoms with Gasteiger partial charge in [-0.3, -0.25) is 9.65 Å². The summed E-state index contributed by atoms with van der Waals surface area (Å²) in [4.78, 5) is 0. The molecular weight excluding hydrogens is 277 g/mol. The van der Waals surface area contributed by atoms with Crippen LogP contribution in [-0.2, 0) is 4.57 Å². The topological polar surface area (TPSA) is 29.1 Å². The van der Waals surface area contributed by atoms with Gasteiger partial charge in [0, 0.05) is 16.7 Å². The van der Waals surface area contributed by atoms with E-state index >= 15 is 0 Å². The van der Waals surface area contributed by atoms with Crippen LogP contribution in [0.15, 0.2) is 60.7 Å². The molecule has 0 aliphatic heterocycles. The maximum absolute atomic E-state index is 13.7. The summed E-state index contributed by atoms with van der Waals surface area (Å²) in [5.41, 5.74) is 0. The third-order valence-electron chi connectivity index (χ3n) is 3.47. The zero-order chi connectivity index (χ0) is 15.3. The Bertz CT molecular complexity index is 552. The minimum Gasteiger partial charge on any atom is -0.297 e. The quantitative estimate of drug-likeness (QED) is 0.819. The highest BCUT2D eigenvalue weighted by atomic mass is 31.2. The summed E-state index contributed by atoms with van der Waals surface area (Å²) < 4.78 is 13.7. The third kappa shape index (κ3) is 4.06. The average molecular weight is 301 g/mol. The van der Waals surface area contributed by atoms with Crippen LogP contribution >= 0.6 is 7.29 Å². The van der Waals surface area contributed by atoms with E-state index in [0.717, 1.165) is 17.0 Å². The molecule has 0 radical (unpaired) electrons. The zero-order valence-electron chi connectivity index (χ0n) is 13.0.